The Morgan fingerprint density at radius 3 is 2.75 bits per heavy atom. The Morgan fingerprint density at radius 2 is 2.17 bits per heavy atom. The Bertz CT molecular complexity index is 185. The number of hydrogen-bond acceptors (Lipinski definition) is 0. The minimum absolute atomic E-state index is 0.506. The van der Waals surface area contributed by atoms with Crippen LogP contribution in [0.3, 0.4) is 0 Å². The maximum Gasteiger partial charge on any atom is 0.0234 e. The lowest BCUT2D eigenvalue weighted by atomic mass is 9.73. The standard InChI is InChI=1S/C12H18/c1-4-10(3)12-9-7-6-8-11(12)5-2/h2,4,10-12H,1,6-9H2,3H3. The fourth-order valence-corrected chi connectivity index (χ4v) is 2.17. The van der Waals surface area contributed by atoms with Crippen LogP contribution in [0.5, 0.6) is 0 Å². The normalized spacial score (nSPS) is 32.0. The van der Waals surface area contributed by atoms with Crippen LogP contribution in [0.15, 0.2) is 12.7 Å². The topological polar surface area (TPSA) is 0 Å². The van der Waals surface area contributed by atoms with Gasteiger partial charge in [-0.25, -0.2) is 0 Å². The van der Waals surface area contributed by atoms with Crippen molar-refractivity contribution >= 4 is 0 Å². The molecule has 1 saturated carbocycles. The van der Waals surface area contributed by atoms with Crippen molar-refractivity contribution in [3.8, 4) is 12.3 Å². The Balaban J connectivity index is 2.59. The number of hydrogen-bond donors (Lipinski definition) is 0. The molecule has 0 saturated heterocycles. The summed E-state index contributed by atoms with van der Waals surface area (Å²) in [5, 5.41) is 0. The molecule has 1 aliphatic carbocycles. The summed E-state index contributed by atoms with van der Waals surface area (Å²) in [4.78, 5) is 0. The third-order valence-electron chi connectivity index (χ3n) is 3.08. The molecule has 0 bridgehead atoms. The summed E-state index contributed by atoms with van der Waals surface area (Å²) in [5.41, 5.74) is 0. The molecule has 66 valence electrons. The lowest BCUT2D eigenvalue weighted by Gasteiger charge is -2.31. The van der Waals surface area contributed by atoms with Crippen molar-refractivity contribution in [1.82, 2.24) is 0 Å². The van der Waals surface area contributed by atoms with Gasteiger partial charge in [0, 0.05) is 5.92 Å². The van der Waals surface area contributed by atoms with E-state index in [1.165, 1.54) is 25.7 Å². The highest BCUT2D eigenvalue weighted by atomic mass is 14.3. The average Bonchev–Trinajstić information content (AvgIpc) is 2.16. The van der Waals surface area contributed by atoms with E-state index in [1.807, 2.05) is 6.08 Å². The smallest absolute Gasteiger partial charge is 0.0234 e. The molecule has 1 fully saturated rings. The molecule has 0 nitrogen and oxygen atoms in total. The molecule has 0 heterocycles. The van der Waals surface area contributed by atoms with Crippen LogP contribution in [0.25, 0.3) is 0 Å². The van der Waals surface area contributed by atoms with Crippen LogP contribution < -0.4 is 0 Å². The second-order valence-electron chi connectivity index (χ2n) is 3.82. The first-order chi connectivity index (χ1) is 5.79. The van der Waals surface area contributed by atoms with E-state index in [4.69, 9.17) is 6.42 Å². The molecule has 0 radical (unpaired) electrons. The highest BCUT2D eigenvalue weighted by molar-refractivity contribution is 5.01. The zero-order valence-electron chi connectivity index (χ0n) is 7.92. The van der Waals surface area contributed by atoms with Crippen molar-refractivity contribution in [3.05, 3.63) is 12.7 Å². The first-order valence-corrected chi connectivity index (χ1v) is 4.88. The molecule has 1 aliphatic rings. The van der Waals surface area contributed by atoms with Gasteiger partial charge < -0.3 is 0 Å². The molecule has 0 aromatic rings. The molecule has 0 heteroatoms. The number of rotatable bonds is 2. The molecule has 3 unspecified atom stereocenters. The van der Waals surface area contributed by atoms with Gasteiger partial charge in [-0.3, -0.25) is 0 Å². The van der Waals surface area contributed by atoms with Gasteiger partial charge in [-0.05, 0) is 24.7 Å². The first-order valence-electron chi connectivity index (χ1n) is 4.88. The first kappa shape index (κ1) is 9.39. The Morgan fingerprint density at radius 1 is 1.50 bits per heavy atom. The van der Waals surface area contributed by atoms with Crippen LogP contribution in [0.4, 0.5) is 0 Å². The van der Waals surface area contributed by atoms with Crippen molar-refractivity contribution in [2.75, 3.05) is 0 Å². The highest BCUT2D eigenvalue weighted by Crippen LogP contribution is 2.34. The van der Waals surface area contributed by atoms with Crippen molar-refractivity contribution in [2.45, 2.75) is 32.6 Å². The molecule has 0 aromatic heterocycles. The maximum absolute atomic E-state index is 5.50. The molecule has 0 amide bonds. The molecule has 3 atom stereocenters. The zero-order valence-corrected chi connectivity index (χ0v) is 7.92. The zero-order chi connectivity index (χ0) is 8.97. The van der Waals surface area contributed by atoms with E-state index >= 15 is 0 Å². The van der Waals surface area contributed by atoms with Gasteiger partial charge in [0.2, 0.25) is 0 Å². The van der Waals surface area contributed by atoms with Gasteiger partial charge in [0.05, 0.1) is 0 Å². The molecule has 1 rings (SSSR count). The molecular formula is C12H18. The molecule has 0 aromatic carbocycles. The van der Waals surface area contributed by atoms with Crippen LogP contribution in [0.1, 0.15) is 32.6 Å². The van der Waals surface area contributed by atoms with E-state index in [0.29, 0.717) is 17.8 Å². The third kappa shape index (κ3) is 1.91. The average molecular weight is 162 g/mol. The molecule has 0 aliphatic heterocycles. The number of allylic oxidation sites excluding steroid dienone is 1. The molecule has 12 heavy (non-hydrogen) atoms. The molecular weight excluding hydrogens is 144 g/mol. The second-order valence-corrected chi connectivity index (χ2v) is 3.82. The van der Waals surface area contributed by atoms with Crippen LogP contribution in [0, 0.1) is 30.1 Å². The summed E-state index contributed by atoms with van der Waals surface area (Å²) in [6.07, 6.45) is 12.7. The van der Waals surface area contributed by atoms with Crippen molar-refractivity contribution in [1.29, 1.82) is 0 Å². The maximum atomic E-state index is 5.50. The van der Waals surface area contributed by atoms with E-state index in [0.717, 1.165) is 0 Å². The van der Waals surface area contributed by atoms with Gasteiger partial charge >= 0.3 is 0 Å². The van der Waals surface area contributed by atoms with Gasteiger partial charge in [-0.2, -0.15) is 0 Å². The summed E-state index contributed by atoms with van der Waals surface area (Å²) >= 11 is 0. The third-order valence-corrected chi connectivity index (χ3v) is 3.08. The summed E-state index contributed by atoms with van der Waals surface area (Å²) in [6.45, 7) is 6.07. The SMILES string of the molecule is C#CC1CCCCC1C(C)C=C. The summed E-state index contributed by atoms with van der Waals surface area (Å²) in [5.74, 6) is 4.71. The van der Waals surface area contributed by atoms with Gasteiger partial charge in [0.25, 0.3) is 0 Å². The quantitative estimate of drug-likeness (QED) is 0.432. The fraction of sp³-hybridized carbons (Fsp3) is 0.667. The van der Waals surface area contributed by atoms with E-state index in [1.54, 1.807) is 0 Å². The molecule has 0 spiro atoms. The largest absolute Gasteiger partial charge is 0.120 e. The van der Waals surface area contributed by atoms with Crippen molar-refractivity contribution in [3.63, 3.8) is 0 Å². The van der Waals surface area contributed by atoms with Crippen LogP contribution in [0.2, 0.25) is 0 Å². The van der Waals surface area contributed by atoms with Crippen LogP contribution >= 0.6 is 0 Å². The number of terminal acetylenes is 1. The Labute approximate surface area is 76.1 Å². The van der Waals surface area contributed by atoms with Gasteiger partial charge in [0.1, 0.15) is 0 Å². The highest BCUT2D eigenvalue weighted by Gasteiger charge is 2.26. The summed E-state index contributed by atoms with van der Waals surface area (Å²) in [7, 11) is 0. The van der Waals surface area contributed by atoms with E-state index in [-0.39, 0.29) is 0 Å². The monoisotopic (exact) mass is 162 g/mol. The summed E-state index contributed by atoms with van der Waals surface area (Å²) in [6, 6.07) is 0. The van der Waals surface area contributed by atoms with E-state index in [9.17, 15) is 0 Å². The minimum atomic E-state index is 0.506. The van der Waals surface area contributed by atoms with Gasteiger partial charge in [0.15, 0.2) is 0 Å². The molecule has 0 N–H and O–H groups in total. The van der Waals surface area contributed by atoms with E-state index in [2.05, 4.69) is 19.4 Å². The van der Waals surface area contributed by atoms with Gasteiger partial charge in [-0.15, -0.1) is 18.9 Å². The van der Waals surface area contributed by atoms with E-state index < -0.39 is 0 Å². The van der Waals surface area contributed by atoms with Crippen LogP contribution in [-0.2, 0) is 0 Å². The minimum Gasteiger partial charge on any atom is -0.120 e. The van der Waals surface area contributed by atoms with Crippen molar-refractivity contribution in [2.24, 2.45) is 17.8 Å². The van der Waals surface area contributed by atoms with Crippen molar-refractivity contribution < 1.29 is 0 Å². The summed E-state index contributed by atoms with van der Waals surface area (Å²) < 4.78 is 0. The Hall–Kier alpha value is -0.700. The lowest BCUT2D eigenvalue weighted by Crippen LogP contribution is -2.23. The van der Waals surface area contributed by atoms with Crippen LogP contribution in [-0.4, -0.2) is 0 Å². The second kappa shape index (κ2) is 4.36. The lowest BCUT2D eigenvalue weighted by molar-refractivity contribution is 0.243. The Kier molecular flexibility index (Phi) is 3.41. The fourth-order valence-electron chi connectivity index (χ4n) is 2.17. The van der Waals surface area contributed by atoms with Gasteiger partial charge in [-0.1, -0.05) is 25.8 Å². The predicted octanol–water partition coefficient (Wildman–Crippen LogP) is 3.25. The predicted molar refractivity (Wildman–Crippen MR) is 53.6 cm³/mol.